The zero-order valence-corrected chi connectivity index (χ0v) is 10.4. The van der Waals surface area contributed by atoms with Crippen molar-refractivity contribution in [2.75, 3.05) is 13.2 Å². The summed E-state index contributed by atoms with van der Waals surface area (Å²) >= 11 is 0. The van der Waals surface area contributed by atoms with E-state index in [1.165, 1.54) is 0 Å². The van der Waals surface area contributed by atoms with Crippen molar-refractivity contribution in [1.29, 1.82) is 0 Å². The van der Waals surface area contributed by atoms with Crippen LogP contribution >= 0.6 is 0 Å². The summed E-state index contributed by atoms with van der Waals surface area (Å²) in [6.45, 7) is -0.815. The molecule has 0 saturated carbocycles. The first-order chi connectivity index (χ1) is 9.33. The van der Waals surface area contributed by atoms with E-state index in [2.05, 4.69) is 9.47 Å². The van der Waals surface area contributed by atoms with E-state index >= 15 is 0 Å². The highest BCUT2D eigenvalue weighted by molar-refractivity contribution is 4.85. The van der Waals surface area contributed by atoms with E-state index in [1.807, 2.05) is 0 Å². The average molecular weight is 300 g/mol. The van der Waals surface area contributed by atoms with Crippen LogP contribution in [-0.4, -0.2) is 103 Å². The summed E-state index contributed by atoms with van der Waals surface area (Å²) in [7, 11) is 0. The van der Waals surface area contributed by atoms with E-state index in [1.54, 1.807) is 0 Å². The van der Waals surface area contributed by atoms with Gasteiger partial charge in [0.05, 0.1) is 13.2 Å². The fraction of sp³-hybridized carbons (Fsp3) is 1.00. The van der Waals surface area contributed by atoms with E-state index in [0.29, 0.717) is 0 Å². The Bertz CT molecular complexity index is 261. The summed E-state index contributed by atoms with van der Waals surface area (Å²) in [4.78, 5) is 0. The zero-order chi connectivity index (χ0) is 15.4. The van der Waals surface area contributed by atoms with Gasteiger partial charge in [0.25, 0.3) is 0 Å². The van der Waals surface area contributed by atoms with Crippen molar-refractivity contribution < 1.29 is 50.3 Å². The number of aliphatic hydroxyl groups is 8. The highest BCUT2D eigenvalue weighted by Crippen LogP contribution is 2.19. The highest BCUT2D eigenvalue weighted by atomic mass is 16.7. The molecule has 0 radical (unpaired) electrons. The molecule has 0 amide bonds. The topological polar surface area (TPSA) is 180 Å². The Morgan fingerprint density at radius 1 is 0.550 bits per heavy atom. The minimum absolute atomic E-state index is 0.407. The molecule has 2 aliphatic heterocycles. The number of hydrogen-bond donors (Lipinski definition) is 8. The summed E-state index contributed by atoms with van der Waals surface area (Å²) < 4.78 is 9.08. The second kappa shape index (κ2) is 7.56. The maximum atomic E-state index is 8.93. The molecule has 2 heterocycles. The standard InChI is InChI=1S/2C5H10O5/c2*6-1-2-3(7)4(8)5(9)10-2/h2*2-9H,1H2/t2*2-,3-,4-,5-/m10/s1. The van der Waals surface area contributed by atoms with Gasteiger partial charge < -0.3 is 50.3 Å². The molecule has 0 aromatic heterocycles. The molecule has 0 aromatic carbocycles. The lowest BCUT2D eigenvalue weighted by Crippen LogP contribution is -2.33. The van der Waals surface area contributed by atoms with Crippen molar-refractivity contribution in [2.24, 2.45) is 0 Å². The van der Waals surface area contributed by atoms with Gasteiger partial charge in [0, 0.05) is 0 Å². The molecule has 0 bridgehead atoms. The lowest BCUT2D eigenvalue weighted by atomic mass is 10.1. The normalized spacial score (nSPS) is 48.0. The molecule has 8 N–H and O–H groups in total. The van der Waals surface area contributed by atoms with Crippen molar-refractivity contribution in [1.82, 2.24) is 0 Å². The Balaban J connectivity index is 0.000000200. The second-order valence-corrected chi connectivity index (χ2v) is 4.46. The summed E-state index contributed by atoms with van der Waals surface area (Å²) in [5.74, 6) is 0. The van der Waals surface area contributed by atoms with Crippen molar-refractivity contribution in [3.8, 4) is 0 Å². The SMILES string of the molecule is OC[C@@H]1O[C@H](O)[C@@H](O)[C@H]1O.OC[C@H]1O[C@@H](O)[C@H](O)[C@@H]1O. The van der Waals surface area contributed by atoms with Crippen molar-refractivity contribution in [3.05, 3.63) is 0 Å². The van der Waals surface area contributed by atoms with Crippen LogP contribution in [0.1, 0.15) is 0 Å². The lowest BCUT2D eigenvalue weighted by molar-refractivity contribution is -0.133. The Hall–Kier alpha value is -0.400. The molecule has 0 unspecified atom stereocenters. The van der Waals surface area contributed by atoms with E-state index in [-0.39, 0.29) is 0 Å². The number of ether oxygens (including phenoxy) is 2. The molecule has 2 aliphatic rings. The van der Waals surface area contributed by atoms with Crippen LogP contribution in [0.4, 0.5) is 0 Å². The molecule has 20 heavy (non-hydrogen) atoms. The Kier molecular flexibility index (Phi) is 6.68. The van der Waals surface area contributed by atoms with Crippen molar-refractivity contribution in [2.45, 2.75) is 49.2 Å². The van der Waals surface area contributed by atoms with Crippen LogP contribution in [0.2, 0.25) is 0 Å². The Morgan fingerprint density at radius 3 is 0.950 bits per heavy atom. The van der Waals surface area contributed by atoms with Crippen LogP contribution in [0.3, 0.4) is 0 Å². The maximum absolute atomic E-state index is 8.93. The smallest absolute Gasteiger partial charge is 0.184 e. The summed E-state index contributed by atoms with van der Waals surface area (Å²) in [6, 6.07) is 0. The minimum Gasteiger partial charge on any atom is -0.394 e. The third-order valence-corrected chi connectivity index (χ3v) is 3.03. The molecule has 2 rings (SSSR count). The Labute approximate surface area is 114 Å². The van der Waals surface area contributed by atoms with Crippen molar-refractivity contribution >= 4 is 0 Å². The van der Waals surface area contributed by atoms with Gasteiger partial charge in [-0.2, -0.15) is 0 Å². The molecule has 120 valence electrons. The van der Waals surface area contributed by atoms with Gasteiger partial charge in [-0.25, -0.2) is 0 Å². The summed E-state index contributed by atoms with van der Waals surface area (Å²) in [6.07, 6.45) is -9.51. The Morgan fingerprint density at radius 2 is 0.850 bits per heavy atom. The monoisotopic (exact) mass is 300 g/mol. The van der Waals surface area contributed by atoms with Gasteiger partial charge in [-0.1, -0.05) is 0 Å². The molecular formula is C10H20O10. The zero-order valence-electron chi connectivity index (χ0n) is 10.4. The van der Waals surface area contributed by atoms with Gasteiger partial charge in [-0.3, -0.25) is 0 Å². The van der Waals surface area contributed by atoms with Gasteiger partial charge in [0.2, 0.25) is 0 Å². The van der Waals surface area contributed by atoms with Crippen LogP contribution in [0, 0.1) is 0 Å². The van der Waals surface area contributed by atoms with Crippen molar-refractivity contribution in [3.63, 3.8) is 0 Å². The predicted octanol–water partition coefficient (Wildman–Crippen LogP) is -5.16. The molecule has 8 atom stereocenters. The van der Waals surface area contributed by atoms with E-state index in [4.69, 9.17) is 40.9 Å². The number of aliphatic hydroxyl groups excluding tert-OH is 8. The van der Waals surface area contributed by atoms with Crippen LogP contribution in [0.25, 0.3) is 0 Å². The summed E-state index contributed by atoms with van der Waals surface area (Å²) in [5, 5.41) is 69.9. The third-order valence-electron chi connectivity index (χ3n) is 3.03. The van der Waals surface area contributed by atoms with Gasteiger partial charge in [0.15, 0.2) is 12.6 Å². The number of rotatable bonds is 2. The quantitative estimate of drug-likeness (QED) is 0.245. The van der Waals surface area contributed by atoms with E-state index < -0.39 is 62.4 Å². The molecule has 0 aliphatic carbocycles. The minimum atomic E-state index is -1.38. The third kappa shape index (κ3) is 3.83. The van der Waals surface area contributed by atoms with Crippen LogP contribution < -0.4 is 0 Å². The predicted molar refractivity (Wildman–Crippen MR) is 60.0 cm³/mol. The molecule has 2 fully saturated rings. The molecule has 10 heteroatoms. The molecular weight excluding hydrogens is 280 g/mol. The summed E-state index contributed by atoms with van der Waals surface area (Å²) in [5.41, 5.74) is 0. The fourth-order valence-electron chi connectivity index (χ4n) is 1.76. The highest BCUT2D eigenvalue weighted by Gasteiger charge is 2.41. The van der Waals surface area contributed by atoms with Crippen LogP contribution in [-0.2, 0) is 9.47 Å². The first-order valence-electron chi connectivity index (χ1n) is 5.94. The largest absolute Gasteiger partial charge is 0.394 e. The van der Waals surface area contributed by atoms with Gasteiger partial charge in [0.1, 0.15) is 36.6 Å². The second-order valence-electron chi connectivity index (χ2n) is 4.46. The first-order valence-corrected chi connectivity index (χ1v) is 5.94. The van der Waals surface area contributed by atoms with E-state index in [0.717, 1.165) is 0 Å². The number of hydrogen-bond acceptors (Lipinski definition) is 10. The van der Waals surface area contributed by atoms with Gasteiger partial charge >= 0.3 is 0 Å². The molecule has 0 aromatic rings. The van der Waals surface area contributed by atoms with Crippen LogP contribution in [0.15, 0.2) is 0 Å². The first kappa shape index (κ1) is 17.7. The van der Waals surface area contributed by atoms with Gasteiger partial charge in [-0.15, -0.1) is 0 Å². The molecule has 10 nitrogen and oxygen atoms in total. The maximum Gasteiger partial charge on any atom is 0.184 e. The molecule has 2 saturated heterocycles. The van der Waals surface area contributed by atoms with Gasteiger partial charge in [-0.05, 0) is 0 Å². The van der Waals surface area contributed by atoms with E-state index in [9.17, 15) is 0 Å². The lowest BCUT2D eigenvalue weighted by Gasteiger charge is -2.09. The molecule has 0 spiro atoms. The average Bonchev–Trinajstić information content (AvgIpc) is 2.84. The fourth-order valence-corrected chi connectivity index (χ4v) is 1.76. The van der Waals surface area contributed by atoms with Crippen LogP contribution in [0.5, 0.6) is 0 Å².